The number of carbonyl (C=O) groups excluding carboxylic acids is 1. The zero-order valence-corrected chi connectivity index (χ0v) is 15.9. The van der Waals surface area contributed by atoms with E-state index in [0.717, 1.165) is 17.9 Å². The summed E-state index contributed by atoms with van der Waals surface area (Å²) in [6.45, 7) is 6.48. The van der Waals surface area contributed by atoms with Gasteiger partial charge in [0.1, 0.15) is 5.78 Å². The second-order valence-corrected chi connectivity index (χ2v) is 7.08. The second kappa shape index (κ2) is 11.7. The lowest BCUT2D eigenvalue weighted by Crippen LogP contribution is -2.24. The fraction of sp³-hybridized carbons (Fsp3) is 0.667. The van der Waals surface area contributed by atoms with Gasteiger partial charge in [-0.05, 0) is 49.3 Å². The van der Waals surface area contributed by atoms with Crippen LogP contribution in [0.2, 0.25) is 5.02 Å². The molecule has 0 N–H and O–H groups in total. The lowest BCUT2D eigenvalue weighted by atomic mass is 9.78. The van der Waals surface area contributed by atoms with Gasteiger partial charge >= 0.3 is 0 Å². The maximum atomic E-state index is 12.5. The standard InChI is InChI=1S/C21H33ClO/c1-4-7-11-18(12-8-5-2)20(21(23)6-3)15-14-17-10-9-13-19(22)16-17/h9-10,13,16,18,20H,4-8,11-12,14-15H2,1-3H3. The molecule has 0 spiro atoms. The molecule has 0 aliphatic rings. The predicted molar refractivity (Wildman–Crippen MR) is 101 cm³/mol. The Morgan fingerprint density at radius 3 is 2.22 bits per heavy atom. The first-order chi connectivity index (χ1) is 11.1. The first kappa shape index (κ1) is 20.2. The lowest BCUT2D eigenvalue weighted by molar-refractivity contribution is -0.124. The Labute approximate surface area is 147 Å². The normalized spacial score (nSPS) is 12.6. The van der Waals surface area contributed by atoms with Crippen LogP contribution in [0.25, 0.3) is 0 Å². The quantitative estimate of drug-likeness (QED) is 0.407. The number of unbranched alkanes of at least 4 members (excludes halogenated alkanes) is 2. The Kier molecular flexibility index (Phi) is 10.3. The van der Waals surface area contributed by atoms with Gasteiger partial charge in [0.15, 0.2) is 0 Å². The second-order valence-electron chi connectivity index (χ2n) is 6.64. The minimum Gasteiger partial charge on any atom is -0.299 e. The topological polar surface area (TPSA) is 17.1 Å². The Morgan fingerprint density at radius 1 is 1.04 bits per heavy atom. The fourth-order valence-corrected chi connectivity index (χ4v) is 3.63. The average Bonchev–Trinajstić information content (AvgIpc) is 2.56. The van der Waals surface area contributed by atoms with Crippen LogP contribution >= 0.6 is 11.6 Å². The summed E-state index contributed by atoms with van der Waals surface area (Å²) in [7, 11) is 0. The maximum absolute atomic E-state index is 12.5. The number of halogens is 1. The van der Waals surface area contributed by atoms with Crippen molar-refractivity contribution in [2.24, 2.45) is 11.8 Å². The van der Waals surface area contributed by atoms with E-state index in [1.54, 1.807) is 0 Å². The van der Waals surface area contributed by atoms with Crippen molar-refractivity contribution in [1.82, 2.24) is 0 Å². The molecule has 0 amide bonds. The molecule has 0 heterocycles. The maximum Gasteiger partial charge on any atom is 0.135 e. The summed E-state index contributed by atoms with van der Waals surface area (Å²) in [5, 5.41) is 0.786. The molecular weight excluding hydrogens is 304 g/mol. The van der Waals surface area contributed by atoms with Crippen LogP contribution < -0.4 is 0 Å². The number of hydrogen-bond acceptors (Lipinski definition) is 1. The highest BCUT2D eigenvalue weighted by Crippen LogP contribution is 2.30. The number of benzene rings is 1. The summed E-state index contributed by atoms with van der Waals surface area (Å²) in [6.07, 6.45) is 9.86. The highest BCUT2D eigenvalue weighted by molar-refractivity contribution is 6.30. The molecule has 1 aromatic carbocycles. The van der Waals surface area contributed by atoms with Gasteiger partial charge in [0.25, 0.3) is 0 Å². The molecule has 0 aliphatic carbocycles. The molecule has 0 aliphatic heterocycles. The van der Waals surface area contributed by atoms with Crippen LogP contribution in [0.1, 0.15) is 77.7 Å². The van der Waals surface area contributed by atoms with Gasteiger partial charge in [-0.3, -0.25) is 4.79 Å². The van der Waals surface area contributed by atoms with Crippen molar-refractivity contribution >= 4 is 17.4 Å². The number of rotatable bonds is 12. The van der Waals surface area contributed by atoms with Gasteiger partial charge < -0.3 is 0 Å². The van der Waals surface area contributed by atoms with Gasteiger partial charge in [-0.1, -0.05) is 70.2 Å². The van der Waals surface area contributed by atoms with E-state index in [9.17, 15) is 4.79 Å². The van der Waals surface area contributed by atoms with Gasteiger partial charge in [-0.25, -0.2) is 0 Å². The van der Waals surface area contributed by atoms with Crippen LogP contribution in [0.4, 0.5) is 0 Å². The minimum absolute atomic E-state index is 0.220. The van der Waals surface area contributed by atoms with E-state index in [1.165, 1.54) is 44.1 Å². The summed E-state index contributed by atoms with van der Waals surface area (Å²) in [5.74, 6) is 1.22. The van der Waals surface area contributed by atoms with Crippen molar-refractivity contribution in [1.29, 1.82) is 0 Å². The van der Waals surface area contributed by atoms with E-state index >= 15 is 0 Å². The Bertz CT molecular complexity index is 447. The third-order valence-corrected chi connectivity index (χ3v) is 5.06. The Balaban J connectivity index is 2.76. The van der Waals surface area contributed by atoms with Crippen molar-refractivity contribution < 1.29 is 4.79 Å². The zero-order chi connectivity index (χ0) is 17.1. The van der Waals surface area contributed by atoms with Gasteiger partial charge in [-0.15, -0.1) is 0 Å². The van der Waals surface area contributed by atoms with Crippen LogP contribution in [0.15, 0.2) is 24.3 Å². The summed E-state index contributed by atoms with van der Waals surface area (Å²) in [5.41, 5.74) is 1.25. The van der Waals surface area contributed by atoms with E-state index in [0.29, 0.717) is 18.1 Å². The lowest BCUT2D eigenvalue weighted by Gasteiger charge is -2.26. The number of hydrogen-bond donors (Lipinski definition) is 0. The monoisotopic (exact) mass is 336 g/mol. The van der Waals surface area contributed by atoms with Crippen LogP contribution in [0.3, 0.4) is 0 Å². The first-order valence-electron chi connectivity index (χ1n) is 9.39. The van der Waals surface area contributed by atoms with Gasteiger partial charge in [0, 0.05) is 17.4 Å². The Hall–Kier alpha value is -0.820. The highest BCUT2D eigenvalue weighted by Gasteiger charge is 2.26. The average molecular weight is 337 g/mol. The largest absolute Gasteiger partial charge is 0.299 e. The molecule has 0 fully saturated rings. The van der Waals surface area contributed by atoms with Gasteiger partial charge in [-0.2, -0.15) is 0 Å². The van der Waals surface area contributed by atoms with Crippen molar-refractivity contribution in [2.45, 2.75) is 78.6 Å². The smallest absolute Gasteiger partial charge is 0.135 e. The van der Waals surface area contributed by atoms with E-state index in [-0.39, 0.29) is 5.92 Å². The van der Waals surface area contributed by atoms with Crippen LogP contribution in [0.5, 0.6) is 0 Å². The fourth-order valence-electron chi connectivity index (χ4n) is 3.42. The van der Waals surface area contributed by atoms with Crippen molar-refractivity contribution in [3.8, 4) is 0 Å². The van der Waals surface area contributed by atoms with E-state index in [1.807, 2.05) is 25.1 Å². The molecule has 130 valence electrons. The molecule has 0 saturated carbocycles. The third-order valence-electron chi connectivity index (χ3n) is 4.82. The molecule has 1 aromatic rings. The Morgan fingerprint density at radius 2 is 1.70 bits per heavy atom. The summed E-state index contributed by atoms with van der Waals surface area (Å²) in [6, 6.07) is 8.06. The van der Waals surface area contributed by atoms with E-state index in [4.69, 9.17) is 11.6 Å². The van der Waals surface area contributed by atoms with Gasteiger partial charge in [0.05, 0.1) is 0 Å². The van der Waals surface area contributed by atoms with Gasteiger partial charge in [0.2, 0.25) is 0 Å². The summed E-state index contributed by atoms with van der Waals surface area (Å²) < 4.78 is 0. The zero-order valence-electron chi connectivity index (χ0n) is 15.1. The first-order valence-corrected chi connectivity index (χ1v) is 9.77. The molecular formula is C21H33ClO. The molecule has 0 aromatic heterocycles. The SMILES string of the molecule is CCCCC(CCCC)C(CCc1cccc(Cl)c1)C(=O)CC. The molecule has 23 heavy (non-hydrogen) atoms. The molecule has 1 rings (SSSR count). The molecule has 2 heteroatoms. The molecule has 1 atom stereocenters. The van der Waals surface area contributed by atoms with Crippen LogP contribution in [-0.2, 0) is 11.2 Å². The number of Topliss-reactive ketones (excluding diaryl/α,β-unsaturated/α-hetero) is 1. The van der Waals surface area contributed by atoms with E-state index in [2.05, 4.69) is 19.9 Å². The molecule has 0 radical (unpaired) electrons. The van der Waals surface area contributed by atoms with Crippen molar-refractivity contribution in [3.05, 3.63) is 34.9 Å². The van der Waals surface area contributed by atoms with Crippen LogP contribution in [0, 0.1) is 11.8 Å². The summed E-state index contributed by atoms with van der Waals surface area (Å²) >= 11 is 6.08. The predicted octanol–water partition coefficient (Wildman–Crippen LogP) is 6.86. The number of aryl methyl sites for hydroxylation is 1. The minimum atomic E-state index is 0.220. The summed E-state index contributed by atoms with van der Waals surface area (Å²) in [4.78, 5) is 12.5. The number of ketones is 1. The molecule has 0 bridgehead atoms. The van der Waals surface area contributed by atoms with Crippen molar-refractivity contribution in [2.75, 3.05) is 0 Å². The van der Waals surface area contributed by atoms with Crippen LogP contribution in [-0.4, -0.2) is 5.78 Å². The highest BCUT2D eigenvalue weighted by atomic mass is 35.5. The molecule has 1 unspecified atom stereocenters. The third kappa shape index (κ3) is 7.52. The van der Waals surface area contributed by atoms with E-state index < -0.39 is 0 Å². The van der Waals surface area contributed by atoms with Crippen molar-refractivity contribution in [3.63, 3.8) is 0 Å². The molecule has 1 nitrogen and oxygen atoms in total. The number of carbonyl (C=O) groups is 1. The molecule has 0 saturated heterocycles.